The molecule has 2 aliphatic rings. The third kappa shape index (κ3) is 13.0. The van der Waals surface area contributed by atoms with Crippen LogP contribution in [0.1, 0.15) is 84.0 Å². The number of ether oxygens (including phenoxy) is 2. The van der Waals surface area contributed by atoms with Crippen molar-refractivity contribution in [3.63, 3.8) is 0 Å². The van der Waals surface area contributed by atoms with Crippen molar-refractivity contribution >= 4 is 55.1 Å². The summed E-state index contributed by atoms with van der Waals surface area (Å²) in [7, 11) is 7.95. The van der Waals surface area contributed by atoms with E-state index in [0.29, 0.717) is 32.0 Å². The van der Waals surface area contributed by atoms with Gasteiger partial charge in [0.2, 0.25) is 0 Å². The molecule has 0 N–H and O–H groups in total. The summed E-state index contributed by atoms with van der Waals surface area (Å²) in [5, 5.41) is 1.58. The van der Waals surface area contributed by atoms with Crippen LogP contribution in [0.5, 0.6) is 0 Å². The number of carbonyl (C=O) groups is 2. The number of esters is 2. The lowest BCUT2D eigenvalue weighted by molar-refractivity contribution is -0.144. The molecule has 2 fully saturated rings. The van der Waals surface area contributed by atoms with E-state index in [1.165, 1.54) is 37.2 Å². The van der Waals surface area contributed by atoms with Crippen molar-refractivity contribution in [3.8, 4) is 0 Å². The third-order valence-corrected chi connectivity index (χ3v) is 11.5. The molecule has 2 rings (SSSR count). The minimum absolute atomic E-state index is 0.0725. The van der Waals surface area contributed by atoms with Crippen LogP contribution in [0.3, 0.4) is 0 Å². The second-order valence-corrected chi connectivity index (χ2v) is 13.8. The van der Waals surface area contributed by atoms with E-state index in [1.54, 1.807) is 0 Å². The molecule has 0 aromatic heterocycles. The van der Waals surface area contributed by atoms with Crippen molar-refractivity contribution < 1.29 is 19.1 Å². The predicted octanol–water partition coefficient (Wildman–Crippen LogP) is 6.92. The van der Waals surface area contributed by atoms with Gasteiger partial charge < -0.3 is 9.47 Å². The molecule has 0 amide bonds. The quantitative estimate of drug-likeness (QED) is 0.130. The first kappa shape index (κ1) is 26.6. The second kappa shape index (κ2) is 16.9. The molecule has 0 radical (unpaired) electrons. The maximum atomic E-state index is 11.8. The summed E-state index contributed by atoms with van der Waals surface area (Å²) >= 11 is 0. The smallest absolute Gasteiger partial charge is 0.305 e. The van der Waals surface area contributed by atoms with Crippen molar-refractivity contribution in [1.82, 2.24) is 0 Å². The lowest BCUT2D eigenvalue weighted by atomic mass is 10.1. The lowest BCUT2D eigenvalue weighted by Crippen LogP contribution is -2.12. The molecule has 4 nitrogen and oxygen atoms in total. The fraction of sp³-hybridized carbons (Fsp3) is 0.909. The van der Waals surface area contributed by atoms with Gasteiger partial charge in [-0.15, -0.1) is 0 Å². The van der Waals surface area contributed by atoms with Crippen LogP contribution in [0.4, 0.5) is 0 Å². The number of unbranched alkanes of at least 4 members (excludes halogenated alkanes) is 2. The van der Waals surface area contributed by atoms with E-state index in [1.807, 2.05) is 43.2 Å². The van der Waals surface area contributed by atoms with Crippen LogP contribution in [0.2, 0.25) is 0 Å². The summed E-state index contributed by atoms with van der Waals surface area (Å²) in [5.74, 6) is 2.79. The van der Waals surface area contributed by atoms with E-state index < -0.39 is 0 Å². The Morgan fingerprint density at radius 2 is 1.27 bits per heavy atom. The Morgan fingerprint density at radius 3 is 1.67 bits per heavy atom. The SMILES string of the molecule is CC(CCOC(=O)CCCCC1CCSS1)CCOC(=O)CCCCC1CCSS1. The highest BCUT2D eigenvalue weighted by molar-refractivity contribution is 8.77. The first-order valence-electron chi connectivity index (χ1n) is 11.5. The number of hydrogen-bond donors (Lipinski definition) is 0. The summed E-state index contributed by atoms with van der Waals surface area (Å²) in [6.07, 6.45) is 11.9. The molecule has 2 saturated heterocycles. The molecule has 174 valence electrons. The molecule has 0 aromatic rings. The Labute approximate surface area is 198 Å². The van der Waals surface area contributed by atoms with Crippen LogP contribution >= 0.6 is 43.2 Å². The summed E-state index contributed by atoms with van der Waals surface area (Å²) in [4.78, 5) is 23.7. The van der Waals surface area contributed by atoms with E-state index in [9.17, 15) is 9.59 Å². The minimum Gasteiger partial charge on any atom is -0.466 e. The van der Waals surface area contributed by atoms with E-state index in [0.717, 1.165) is 49.0 Å². The predicted molar refractivity (Wildman–Crippen MR) is 134 cm³/mol. The van der Waals surface area contributed by atoms with Crippen LogP contribution in [0.25, 0.3) is 0 Å². The van der Waals surface area contributed by atoms with E-state index in [4.69, 9.17) is 9.47 Å². The monoisotopic (exact) mass is 494 g/mol. The van der Waals surface area contributed by atoms with Gasteiger partial charge in [-0.1, -0.05) is 62.9 Å². The fourth-order valence-corrected chi connectivity index (χ4v) is 9.50. The number of carbonyl (C=O) groups excluding carboxylic acids is 2. The maximum absolute atomic E-state index is 11.8. The fourth-order valence-electron chi connectivity index (χ4n) is 3.45. The molecule has 0 aromatic carbocycles. The molecule has 0 spiro atoms. The van der Waals surface area contributed by atoms with Crippen molar-refractivity contribution in [2.45, 2.75) is 94.5 Å². The molecule has 30 heavy (non-hydrogen) atoms. The Hall–Kier alpha value is 0.340. The van der Waals surface area contributed by atoms with Crippen LogP contribution in [0.15, 0.2) is 0 Å². The Balaban J connectivity index is 1.35. The van der Waals surface area contributed by atoms with Gasteiger partial charge in [-0.25, -0.2) is 0 Å². The van der Waals surface area contributed by atoms with E-state index in [2.05, 4.69) is 6.92 Å². The normalized spacial score (nSPS) is 22.2. The molecule has 8 heteroatoms. The highest BCUT2D eigenvalue weighted by Crippen LogP contribution is 2.40. The first-order valence-corrected chi connectivity index (χ1v) is 16.3. The van der Waals surface area contributed by atoms with Crippen molar-refractivity contribution in [1.29, 1.82) is 0 Å². The van der Waals surface area contributed by atoms with Crippen LogP contribution in [-0.4, -0.2) is 47.2 Å². The van der Waals surface area contributed by atoms with Crippen molar-refractivity contribution in [3.05, 3.63) is 0 Å². The van der Waals surface area contributed by atoms with Crippen molar-refractivity contribution in [2.24, 2.45) is 5.92 Å². The van der Waals surface area contributed by atoms with E-state index >= 15 is 0 Å². The zero-order chi connectivity index (χ0) is 21.4. The Morgan fingerprint density at radius 1 is 0.800 bits per heavy atom. The molecule has 2 atom stereocenters. The standard InChI is InChI=1S/C22H38O4S4/c1-18(10-14-25-21(23)8-4-2-6-19-12-16-27-29-19)11-15-26-22(24)9-5-3-7-20-13-17-28-30-20/h18-20H,2-17H2,1H3. The van der Waals surface area contributed by atoms with Gasteiger partial charge >= 0.3 is 11.9 Å². The molecule has 2 unspecified atom stereocenters. The molecule has 0 saturated carbocycles. The molecular weight excluding hydrogens is 457 g/mol. The summed E-state index contributed by atoms with van der Waals surface area (Å²) < 4.78 is 10.7. The van der Waals surface area contributed by atoms with Crippen LogP contribution in [-0.2, 0) is 19.1 Å². The average Bonchev–Trinajstić information content (AvgIpc) is 3.43. The molecular formula is C22H38O4S4. The summed E-state index contributed by atoms with van der Waals surface area (Å²) in [5.41, 5.74) is 0. The van der Waals surface area contributed by atoms with Gasteiger partial charge in [0, 0.05) is 34.8 Å². The van der Waals surface area contributed by atoms with Gasteiger partial charge in [0.05, 0.1) is 13.2 Å². The summed E-state index contributed by atoms with van der Waals surface area (Å²) in [6, 6.07) is 0. The number of hydrogen-bond acceptors (Lipinski definition) is 8. The van der Waals surface area contributed by atoms with E-state index in [-0.39, 0.29) is 11.9 Å². The topological polar surface area (TPSA) is 52.6 Å². The molecule has 0 aliphatic carbocycles. The maximum Gasteiger partial charge on any atom is 0.305 e. The third-order valence-electron chi connectivity index (χ3n) is 5.52. The molecule has 0 bridgehead atoms. The first-order chi connectivity index (χ1) is 14.6. The van der Waals surface area contributed by atoms with Crippen molar-refractivity contribution in [2.75, 3.05) is 24.7 Å². The van der Waals surface area contributed by atoms with Crippen LogP contribution < -0.4 is 0 Å². The largest absolute Gasteiger partial charge is 0.466 e. The van der Waals surface area contributed by atoms with Gasteiger partial charge in [-0.05, 0) is 57.3 Å². The highest BCUT2D eigenvalue weighted by Gasteiger charge is 2.17. The van der Waals surface area contributed by atoms with Gasteiger partial charge in [-0.2, -0.15) is 0 Å². The van der Waals surface area contributed by atoms with Gasteiger partial charge in [0.1, 0.15) is 0 Å². The van der Waals surface area contributed by atoms with Gasteiger partial charge in [0.25, 0.3) is 0 Å². The number of rotatable bonds is 16. The van der Waals surface area contributed by atoms with Crippen LogP contribution in [0, 0.1) is 5.92 Å². The second-order valence-electron chi connectivity index (χ2n) is 8.27. The lowest BCUT2D eigenvalue weighted by Gasteiger charge is -2.12. The highest BCUT2D eigenvalue weighted by atomic mass is 33.1. The molecule has 2 heterocycles. The molecule has 2 aliphatic heterocycles. The zero-order valence-corrected chi connectivity index (χ0v) is 21.6. The van der Waals surface area contributed by atoms with Gasteiger partial charge in [-0.3, -0.25) is 9.59 Å². The Bertz CT molecular complexity index is 438. The average molecular weight is 495 g/mol. The minimum atomic E-state index is -0.0725. The Kier molecular flexibility index (Phi) is 15.0. The zero-order valence-electron chi connectivity index (χ0n) is 18.3. The van der Waals surface area contributed by atoms with Gasteiger partial charge in [0.15, 0.2) is 0 Å². The summed E-state index contributed by atoms with van der Waals surface area (Å²) in [6.45, 7) is 3.07.